The molecule has 0 heterocycles. The van der Waals surface area contributed by atoms with E-state index in [2.05, 4.69) is 42.0 Å². The highest BCUT2D eigenvalue weighted by molar-refractivity contribution is 6.02. The van der Waals surface area contributed by atoms with Crippen LogP contribution in [0.5, 0.6) is 0 Å². The van der Waals surface area contributed by atoms with Crippen LogP contribution in [0.1, 0.15) is 43.6 Å². The molecule has 4 amide bonds. The number of carbonyl (C=O) groups is 3. The van der Waals surface area contributed by atoms with Crippen LogP contribution in [0.15, 0.2) is 78.9 Å². The van der Waals surface area contributed by atoms with Gasteiger partial charge in [0.05, 0.1) is 0 Å². The van der Waals surface area contributed by atoms with Crippen molar-refractivity contribution in [1.29, 1.82) is 0 Å². The SMILES string of the molecule is CC(NC(=O)c1ccc(C(C)(C)C)cc1)C(=O)Nc1cccc(NC(=O)Nc2ccccc2)c1. The molecular formula is C27H30N4O3. The van der Waals surface area contributed by atoms with E-state index in [9.17, 15) is 14.4 Å². The summed E-state index contributed by atoms with van der Waals surface area (Å²) in [7, 11) is 0. The zero-order valence-electron chi connectivity index (χ0n) is 19.8. The Balaban J connectivity index is 1.55. The molecule has 4 N–H and O–H groups in total. The quantitative estimate of drug-likeness (QED) is 0.399. The van der Waals surface area contributed by atoms with E-state index >= 15 is 0 Å². The maximum absolute atomic E-state index is 12.6. The molecule has 0 saturated carbocycles. The molecule has 0 aromatic heterocycles. The van der Waals surface area contributed by atoms with E-state index in [0.29, 0.717) is 22.6 Å². The van der Waals surface area contributed by atoms with Crippen LogP contribution in [-0.2, 0) is 10.2 Å². The first-order chi connectivity index (χ1) is 16.1. The number of nitrogens with one attached hydrogen (secondary N) is 4. The van der Waals surface area contributed by atoms with Crippen molar-refractivity contribution in [3.8, 4) is 0 Å². The second-order valence-corrected chi connectivity index (χ2v) is 9.04. The molecule has 0 fully saturated rings. The predicted octanol–water partition coefficient (Wildman–Crippen LogP) is 5.39. The molecule has 7 heteroatoms. The van der Waals surface area contributed by atoms with Gasteiger partial charge in [0.15, 0.2) is 0 Å². The minimum atomic E-state index is -0.757. The Morgan fingerprint density at radius 2 is 1.26 bits per heavy atom. The minimum Gasteiger partial charge on any atom is -0.341 e. The summed E-state index contributed by atoms with van der Waals surface area (Å²) in [5, 5.41) is 10.9. The lowest BCUT2D eigenvalue weighted by Crippen LogP contribution is -2.41. The number of hydrogen-bond acceptors (Lipinski definition) is 3. The number of hydrogen-bond donors (Lipinski definition) is 4. The van der Waals surface area contributed by atoms with E-state index in [1.165, 1.54) is 0 Å². The zero-order valence-corrected chi connectivity index (χ0v) is 19.8. The number of carbonyl (C=O) groups excluding carboxylic acids is 3. The Bertz CT molecular complexity index is 1150. The first kappa shape index (κ1) is 24.5. The maximum Gasteiger partial charge on any atom is 0.323 e. The lowest BCUT2D eigenvalue weighted by molar-refractivity contribution is -0.117. The Kier molecular flexibility index (Phi) is 7.68. The molecule has 34 heavy (non-hydrogen) atoms. The Morgan fingerprint density at radius 1 is 0.706 bits per heavy atom. The number of anilines is 3. The van der Waals surface area contributed by atoms with E-state index in [1.807, 2.05) is 30.3 Å². The van der Waals surface area contributed by atoms with Crippen LogP contribution in [-0.4, -0.2) is 23.9 Å². The number of rotatable bonds is 6. The lowest BCUT2D eigenvalue weighted by atomic mass is 9.86. The third-order valence-electron chi connectivity index (χ3n) is 5.17. The van der Waals surface area contributed by atoms with Gasteiger partial charge in [0.25, 0.3) is 5.91 Å². The highest BCUT2D eigenvalue weighted by Crippen LogP contribution is 2.22. The first-order valence-electron chi connectivity index (χ1n) is 11.1. The van der Waals surface area contributed by atoms with Gasteiger partial charge in [-0.05, 0) is 60.4 Å². The van der Waals surface area contributed by atoms with Gasteiger partial charge in [-0.3, -0.25) is 9.59 Å². The van der Waals surface area contributed by atoms with Crippen molar-refractivity contribution in [3.05, 3.63) is 90.0 Å². The Labute approximate surface area is 200 Å². The fourth-order valence-corrected chi connectivity index (χ4v) is 3.21. The summed E-state index contributed by atoms with van der Waals surface area (Å²) < 4.78 is 0. The molecule has 0 aliphatic rings. The summed E-state index contributed by atoms with van der Waals surface area (Å²) in [4.78, 5) is 37.4. The summed E-state index contributed by atoms with van der Waals surface area (Å²) in [5.41, 5.74) is 3.29. The third-order valence-corrected chi connectivity index (χ3v) is 5.17. The minimum absolute atomic E-state index is 0.00615. The standard InChI is InChI=1S/C27H30N4O3/c1-18(28-25(33)19-13-15-20(16-14-19)27(2,3)4)24(32)29-22-11-8-12-23(17-22)31-26(34)30-21-9-6-5-7-10-21/h5-18H,1-4H3,(H,28,33)(H,29,32)(H2,30,31,34). The topological polar surface area (TPSA) is 99.3 Å². The van der Waals surface area contributed by atoms with Crippen LogP contribution in [0.3, 0.4) is 0 Å². The van der Waals surface area contributed by atoms with Gasteiger partial charge < -0.3 is 21.3 Å². The number of para-hydroxylation sites is 1. The van der Waals surface area contributed by atoms with Crippen LogP contribution in [0.25, 0.3) is 0 Å². The average Bonchev–Trinajstić information content (AvgIpc) is 2.79. The molecule has 176 valence electrons. The molecule has 3 rings (SSSR count). The fraction of sp³-hybridized carbons (Fsp3) is 0.222. The largest absolute Gasteiger partial charge is 0.341 e. The van der Waals surface area contributed by atoms with E-state index in [-0.39, 0.29) is 17.2 Å². The van der Waals surface area contributed by atoms with Crippen LogP contribution in [0.2, 0.25) is 0 Å². The molecule has 0 radical (unpaired) electrons. The van der Waals surface area contributed by atoms with Crippen LogP contribution < -0.4 is 21.3 Å². The van der Waals surface area contributed by atoms with Crippen LogP contribution in [0.4, 0.5) is 21.9 Å². The van der Waals surface area contributed by atoms with Crippen molar-refractivity contribution in [1.82, 2.24) is 5.32 Å². The third kappa shape index (κ3) is 6.93. The van der Waals surface area contributed by atoms with Crippen LogP contribution in [0, 0.1) is 0 Å². The van der Waals surface area contributed by atoms with Crippen molar-refractivity contribution in [2.24, 2.45) is 0 Å². The predicted molar refractivity (Wildman–Crippen MR) is 136 cm³/mol. The van der Waals surface area contributed by atoms with E-state index in [1.54, 1.807) is 55.5 Å². The second kappa shape index (κ2) is 10.7. The molecule has 3 aromatic rings. The molecule has 0 bridgehead atoms. The second-order valence-electron chi connectivity index (χ2n) is 9.04. The van der Waals surface area contributed by atoms with Crippen molar-refractivity contribution in [2.45, 2.75) is 39.2 Å². The molecule has 0 aliphatic heterocycles. The van der Waals surface area contributed by atoms with Crippen molar-refractivity contribution >= 4 is 34.9 Å². The van der Waals surface area contributed by atoms with Gasteiger partial charge in [-0.1, -0.05) is 57.2 Å². The van der Waals surface area contributed by atoms with Crippen molar-refractivity contribution < 1.29 is 14.4 Å². The molecule has 7 nitrogen and oxygen atoms in total. The molecule has 1 atom stereocenters. The summed E-state index contributed by atoms with van der Waals surface area (Å²) in [6.07, 6.45) is 0. The normalized spacial score (nSPS) is 11.8. The van der Waals surface area contributed by atoms with Crippen molar-refractivity contribution in [3.63, 3.8) is 0 Å². The summed E-state index contributed by atoms with van der Waals surface area (Å²) in [6.45, 7) is 7.93. The van der Waals surface area contributed by atoms with E-state index < -0.39 is 12.1 Å². The van der Waals surface area contributed by atoms with Gasteiger partial charge in [0.2, 0.25) is 5.91 Å². The summed E-state index contributed by atoms with van der Waals surface area (Å²) in [5.74, 6) is -0.693. The van der Waals surface area contributed by atoms with E-state index in [4.69, 9.17) is 0 Å². The molecule has 3 aromatic carbocycles. The van der Waals surface area contributed by atoms with E-state index in [0.717, 1.165) is 5.56 Å². The number of benzene rings is 3. The fourth-order valence-electron chi connectivity index (χ4n) is 3.21. The smallest absolute Gasteiger partial charge is 0.323 e. The van der Waals surface area contributed by atoms with Gasteiger partial charge in [-0.25, -0.2) is 4.79 Å². The number of urea groups is 1. The number of amides is 4. The monoisotopic (exact) mass is 458 g/mol. The Hall–Kier alpha value is -4.13. The molecule has 1 unspecified atom stereocenters. The van der Waals surface area contributed by atoms with Crippen molar-refractivity contribution in [2.75, 3.05) is 16.0 Å². The zero-order chi connectivity index (χ0) is 24.7. The summed E-state index contributed by atoms with van der Waals surface area (Å²) in [6, 6.07) is 22.1. The van der Waals surface area contributed by atoms with Gasteiger partial charge in [0, 0.05) is 22.6 Å². The highest BCUT2D eigenvalue weighted by atomic mass is 16.2. The Morgan fingerprint density at radius 3 is 1.88 bits per heavy atom. The maximum atomic E-state index is 12.6. The molecule has 0 saturated heterocycles. The van der Waals surface area contributed by atoms with Gasteiger partial charge in [-0.2, -0.15) is 0 Å². The van der Waals surface area contributed by atoms with Gasteiger partial charge in [0.1, 0.15) is 6.04 Å². The molecular weight excluding hydrogens is 428 g/mol. The lowest BCUT2D eigenvalue weighted by Gasteiger charge is -2.19. The first-order valence-corrected chi connectivity index (χ1v) is 11.1. The van der Waals surface area contributed by atoms with Crippen LogP contribution >= 0.6 is 0 Å². The van der Waals surface area contributed by atoms with Gasteiger partial charge in [-0.15, -0.1) is 0 Å². The molecule has 0 aliphatic carbocycles. The molecule has 0 spiro atoms. The summed E-state index contributed by atoms with van der Waals surface area (Å²) >= 11 is 0. The average molecular weight is 459 g/mol. The van der Waals surface area contributed by atoms with Gasteiger partial charge >= 0.3 is 6.03 Å². The highest BCUT2D eigenvalue weighted by Gasteiger charge is 2.18.